The SMILES string of the molecule is O=C(COc1ccc(F)cc1)NC[C@H](c1cccs1)N1CCOCC1. The number of nitrogens with one attached hydrogen (secondary N) is 1. The smallest absolute Gasteiger partial charge is 0.258 e. The van der Waals surface area contributed by atoms with E-state index in [0.717, 1.165) is 13.1 Å². The van der Waals surface area contributed by atoms with Gasteiger partial charge in [0, 0.05) is 24.5 Å². The summed E-state index contributed by atoms with van der Waals surface area (Å²) in [5.41, 5.74) is 0. The fraction of sp³-hybridized carbons (Fsp3) is 0.389. The van der Waals surface area contributed by atoms with Crippen LogP contribution in [0.4, 0.5) is 4.39 Å². The molecule has 1 aromatic heterocycles. The fourth-order valence-corrected chi connectivity index (χ4v) is 3.58. The molecule has 1 aliphatic heterocycles. The van der Waals surface area contributed by atoms with Crippen LogP contribution in [0.5, 0.6) is 5.75 Å². The highest BCUT2D eigenvalue weighted by atomic mass is 32.1. The zero-order valence-electron chi connectivity index (χ0n) is 13.8. The minimum Gasteiger partial charge on any atom is -0.484 e. The molecule has 0 spiro atoms. The van der Waals surface area contributed by atoms with Gasteiger partial charge in [0.15, 0.2) is 6.61 Å². The molecule has 0 radical (unpaired) electrons. The summed E-state index contributed by atoms with van der Waals surface area (Å²) in [4.78, 5) is 15.6. The average Bonchev–Trinajstić information content (AvgIpc) is 3.17. The van der Waals surface area contributed by atoms with Gasteiger partial charge in [-0.05, 0) is 35.7 Å². The van der Waals surface area contributed by atoms with Crippen molar-refractivity contribution in [2.45, 2.75) is 6.04 Å². The Hall–Kier alpha value is -1.96. The third-order valence-electron chi connectivity index (χ3n) is 4.03. The van der Waals surface area contributed by atoms with Gasteiger partial charge in [0.2, 0.25) is 0 Å². The minimum atomic E-state index is -0.332. The van der Waals surface area contributed by atoms with Crippen molar-refractivity contribution in [2.24, 2.45) is 0 Å². The van der Waals surface area contributed by atoms with E-state index in [1.165, 1.54) is 29.1 Å². The van der Waals surface area contributed by atoms with Crippen molar-refractivity contribution in [2.75, 3.05) is 39.5 Å². The molecule has 5 nitrogen and oxygen atoms in total. The number of hydrogen-bond acceptors (Lipinski definition) is 5. The first-order chi connectivity index (χ1) is 12.2. The van der Waals surface area contributed by atoms with Crippen LogP contribution in [0.25, 0.3) is 0 Å². The Morgan fingerprint density at radius 2 is 2.04 bits per heavy atom. The molecule has 7 heteroatoms. The highest BCUT2D eigenvalue weighted by Crippen LogP contribution is 2.25. The number of carbonyl (C=O) groups excluding carboxylic acids is 1. The highest BCUT2D eigenvalue weighted by Gasteiger charge is 2.23. The number of rotatable bonds is 7. The number of halogens is 1. The molecular formula is C18H21FN2O3S. The molecule has 1 amide bonds. The van der Waals surface area contributed by atoms with Gasteiger partial charge in [-0.15, -0.1) is 11.3 Å². The van der Waals surface area contributed by atoms with E-state index in [-0.39, 0.29) is 24.4 Å². The molecule has 1 aliphatic rings. The number of benzene rings is 1. The summed E-state index contributed by atoms with van der Waals surface area (Å²) in [6.07, 6.45) is 0. The summed E-state index contributed by atoms with van der Waals surface area (Å²) in [6.45, 7) is 3.56. The molecule has 1 N–H and O–H groups in total. The summed E-state index contributed by atoms with van der Waals surface area (Å²) in [7, 11) is 0. The van der Waals surface area contributed by atoms with Crippen molar-refractivity contribution in [1.29, 1.82) is 0 Å². The molecule has 0 unspecified atom stereocenters. The first-order valence-corrected chi connectivity index (χ1v) is 9.10. The molecule has 25 heavy (non-hydrogen) atoms. The maximum Gasteiger partial charge on any atom is 0.258 e. The van der Waals surface area contributed by atoms with Crippen molar-refractivity contribution < 1.29 is 18.7 Å². The molecule has 0 bridgehead atoms. The second-order valence-electron chi connectivity index (χ2n) is 5.73. The van der Waals surface area contributed by atoms with Crippen molar-refractivity contribution in [1.82, 2.24) is 10.2 Å². The molecule has 134 valence electrons. The first-order valence-electron chi connectivity index (χ1n) is 8.22. The van der Waals surface area contributed by atoms with Crippen LogP contribution in [-0.2, 0) is 9.53 Å². The number of hydrogen-bond donors (Lipinski definition) is 1. The Balaban J connectivity index is 1.51. The molecule has 0 saturated carbocycles. The van der Waals surface area contributed by atoms with Gasteiger partial charge in [-0.3, -0.25) is 9.69 Å². The predicted molar refractivity (Wildman–Crippen MR) is 94.4 cm³/mol. The average molecular weight is 364 g/mol. The van der Waals surface area contributed by atoms with Crippen molar-refractivity contribution in [3.63, 3.8) is 0 Å². The second-order valence-corrected chi connectivity index (χ2v) is 6.71. The Bertz CT molecular complexity index is 657. The maximum atomic E-state index is 12.9. The van der Waals surface area contributed by atoms with Crippen molar-refractivity contribution in [3.8, 4) is 5.75 Å². The van der Waals surface area contributed by atoms with Gasteiger partial charge in [-0.1, -0.05) is 6.07 Å². The molecule has 0 aliphatic carbocycles. The summed E-state index contributed by atoms with van der Waals surface area (Å²) in [5, 5.41) is 4.98. The fourth-order valence-electron chi connectivity index (χ4n) is 2.72. The van der Waals surface area contributed by atoms with Crippen LogP contribution in [0.15, 0.2) is 41.8 Å². The number of nitrogens with zero attached hydrogens (tertiary/aromatic N) is 1. The predicted octanol–water partition coefficient (Wildman–Crippen LogP) is 2.46. The molecule has 1 fully saturated rings. The first kappa shape index (κ1) is 17.8. The quantitative estimate of drug-likeness (QED) is 0.820. The largest absolute Gasteiger partial charge is 0.484 e. The van der Waals surface area contributed by atoms with E-state index < -0.39 is 0 Å². The molecule has 1 saturated heterocycles. The van der Waals surface area contributed by atoms with E-state index in [9.17, 15) is 9.18 Å². The van der Waals surface area contributed by atoms with E-state index in [1.807, 2.05) is 11.4 Å². The Labute approximate surface area is 150 Å². The molecule has 1 atom stereocenters. The zero-order chi connectivity index (χ0) is 17.5. The topological polar surface area (TPSA) is 50.8 Å². The normalized spacial score (nSPS) is 16.4. The van der Waals surface area contributed by atoms with Crippen LogP contribution in [0.3, 0.4) is 0 Å². The van der Waals surface area contributed by atoms with Gasteiger partial charge in [0.1, 0.15) is 11.6 Å². The third kappa shape index (κ3) is 5.26. The summed E-state index contributed by atoms with van der Waals surface area (Å²) >= 11 is 1.69. The van der Waals surface area contributed by atoms with Crippen LogP contribution in [0.2, 0.25) is 0 Å². The maximum absolute atomic E-state index is 12.9. The second kappa shape index (κ2) is 8.94. The molecular weight excluding hydrogens is 343 g/mol. The molecule has 2 aromatic rings. The lowest BCUT2D eigenvalue weighted by Crippen LogP contribution is -2.44. The molecule has 2 heterocycles. The van der Waals surface area contributed by atoms with E-state index in [2.05, 4.69) is 16.3 Å². The lowest BCUT2D eigenvalue weighted by Gasteiger charge is -2.34. The van der Waals surface area contributed by atoms with Crippen LogP contribution >= 0.6 is 11.3 Å². The van der Waals surface area contributed by atoms with Crippen LogP contribution in [0.1, 0.15) is 10.9 Å². The number of ether oxygens (including phenoxy) is 2. The zero-order valence-corrected chi connectivity index (χ0v) is 14.6. The lowest BCUT2D eigenvalue weighted by atomic mass is 10.2. The van der Waals surface area contributed by atoms with Gasteiger partial charge in [-0.2, -0.15) is 0 Å². The Morgan fingerprint density at radius 3 is 2.72 bits per heavy atom. The van der Waals surface area contributed by atoms with Crippen molar-refractivity contribution >= 4 is 17.2 Å². The Kier molecular flexibility index (Phi) is 6.38. The van der Waals surface area contributed by atoms with Gasteiger partial charge in [0.05, 0.1) is 19.3 Å². The van der Waals surface area contributed by atoms with Gasteiger partial charge in [0.25, 0.3) is 5.91 Å². The number of morpholine rings is 1. The van der Waals surface area contributed by atoms with Crippen LogP contribution < -0.4 is 10.1 Å². The Morgan fingerprint density at radius 1 is 1.28 bits per heavy atom. The van der Waals surface area contributed by atoms with Crippen molar-refractivity contribution in [3.05, 3.63) is 52.5 Å². The van der Waals surface area contributed by atoms with Gasteiger partial charge < -0.3 is 14.8 Å². The monoisotopic (exact) mass is 364 g/mol. The van der Waals surface area contributed by atoms with Crippen LogP contribution in [-0.4, -0.2) is 50.3 Å². The van der Waals surface area contributed by atoms with Gasteiger partial charge in [-0.25, -0.2) is 4.39 Å². The summed E-state index contributed by atoms with van der Waals surface area (Å²) < 4.78 is 23.7. The highest BCUT2D eigenvalue weighted by molar-refractivity contribution is 7.10. The lowest BCUT2D eigenvalue weighted by molar-refractivity contribution is -0.123. The standard InChI is InChI=1S/C18H21FN2O3S/c19-14-3-5-15(6-4-14)24-13-18(22)20-12-16(17-2-1-11-25-17)21-7-9-23-10-8-21/h1-6,11,16H,7-10,12-13H2,(H,20,22)/t16-/m1/s1. The number of carbonyl (C=O) groups is 1. The van der Waals surface area contributed by atoms with E-state index in [1.54, 1.807) is 11.3 Å². The summed E-state index contributed by atoms with van der Waals surface area (Å²) in [6, 6.07) is 9.87. The molecule has 1 aromatic carbocycles. The van der Waals surface area contributed by atoms with E-state index in [4.69, 9.17) is 9.47 Å². The van der Waals surface area contributed by atoms with E-state index in [0.29, 0.717) is 25.5 Å². The number of thiophene rings is 1. The number of amides is 1. The van der Waals surface area contributed by atoms with E-state index >= 15 is 0 Å². The summed E-state index contributed by atoms with van der Waals surface area (Å²) in [5.74, 6) is -0.0558. The van der Waals surface area contributed by atoms with Crippen LogP contribution in [0, 0.1) is 5.82 Å². The minimum absolute atomic E-state index is 0.0914. The third-order valence-corrected chi connectivity index (χ3v) is 5.01. The van der Waals surface area contributed by atoms with Gasteiger partial charge >= 0.3 is 0 Å². The molecule has 3 rings (SSSR count).